The highest BCUT2D eigenvalue weighted by atomic mass is 79.9. The first-order valence-corrected chi connectivity index (χ1v) is 7.92. The van der Waals surface area contributed by atoms with Crippen molar-refractivity contribution in [3.8, 4) is 0 Å². The fraction of sp³-hybridized carbons (Fsp3) is 0. The molecule has 0 bridgehead atoms. The molecule has 0 aliphatic carbocycles. The Balaban J connectivity index is 0.000000225. The molecule has 0 fully saturated rings. The smallest absolute Gasteiger partial charge is 0.296 e. The van der Waals surface area contributed by atoms with Crippen LogP contribution in [0.4, 0.5) is 4.39 Å². The first kappa shape index (κ1) is 15.6. The first-order chi connectivity index (χ1) is 9.91. The van der Waals surface area contributed by atoms with Gasteiger partial charge in [-0.25, -0.2) is 4.39 Å². The van der Waals surface area contributed by atoms with Gasteiger partial charge in [0.05, 0.1) is 10.9 Å². The van der Waals surface area contributed by atoms with Gasteiger partial charge in [-0.1, -0.05) is 6.07 Å². The maximum Gasteiger partial charge on any atom is 0.296 e. The molecule has 0 amide bonds. The zero-order valence-electron chi connectivity index (χ0n) is 10.5. The van der Waals surface area contributed by atoms with Crippen molar-refractivity contribution in [3.63, 3.8) is 0 Å². The monoisotopic (exact) mass is 372 g/mol. The van der Waals surface area contributed by atoms with E-state index in [1.165, 1.54) is 6.07 Å². The number of rotatable bonds is 1. The molecule has 1 aromatic carbocycles. The van der Waals surface area contributed by atoms with Gasteiger partial charge in [-0.15, -0.1) is 0 Å². The summed E-state index contributed by atoms with van der Waals surface area (Å²) in [5.74, 6) is -0.706. The third-order valence-corrected chi connectivity index (χ3v) is 4.08. The summed E-state index contributed by atoms with van der Waals surface area (Å²) in [7, 11) is -4.42. The van der Waals surface area contributed by atoms with Gasteiger partial charge in [0, 0.05) is 23.1 Å². The number of aromatic nitrogens is 2. The molecule has 0 radical (unpaired) electrons. The van der Waals surface area contributed by atoms with Crippen molar-refractivity contribution < 1.29 is 17.4 Å². The van der Waals surface area contributed by atoms with Gasteiger partial charge in [0.25, 0.3) is 10.1 Å². The van der Waals surface area contributed by atoms with E-state index < -0.39 is 20.8 Å². The number of benzene rings is 1. The number of nitrogens with zero attached hydrogens (tertiary/aromatic N) is 1. The Bertz CT molecular complexity index is 824. The summed E-state index contributed by atoms with van der Waals surface area (Å²) in [6, 6.07) is 8.28. The SMILES string of the molecule is O=S(=O)(O)c1c[nH]c2c(Br)ccc(F)c12.c1ccncc1. The van der Waals surface area contributed by atoms with Crippen LogP contribution in [0, 0.1) is 5.82 Å². The van der Waals surface area contributed by atoms with E-state index in [0.717, 1.165) is 12.3 Å². The van der Waals surface area contributed by atoms with Gasteiger partial charge in [0.1, 0.15) is 10.7 Å². The summed E-state index contributed by atoms with van der Waals surface area (Å²) >= 11 is 3.14. The van der Waals surface area contributed by atoms with Crippen molar-refractivity contribution in [2.45, 2.75) is 4.90 Å². The number of aromatic amines is 1. The Labute approximate surface area is 128 Å². The highest BCUT2D eigenvalue weighted by Gasteiger charge is 2.19. The molecule has 3 aromatic rings. The van der Waals surface area contributed by atoms with Crippen LogP contribution in [0.25, 0.3) is 10.9 Å². The van der Waals surface area contributed by atoms with E-state index in [0.29, 0.717) is 9.99 Å². The molecule has 2 heterocycles. The molecular weight excluding hydrogens is 363 g/mol. The quantitative estimate of drug-likeness (QED) is 0.641. The molecular formula is C13H10BrFN2O3S. The molecule has 5 nitrogen and oxygen atoms in total. The Morgan fingerprint density at radius 2 is 1.86 bits per heavy atom. The number of hydrogen-bond donors (Lipinski definition) is 2. The Morgan fingerprint density at radius 1 is 1.19 bits per heavy atom. The predicted molar refractivity (Wildman–Crippen MR) is 80.0 cm³/mol. The second-order valence-electron chi connectivity index (χ2n) is 3.93. The highest BCUT2D eigenvalue weighted by Crippen LogP contribution is 2.30. The first-order valence-electron chi connectivity index (χ1n) is 5.69. The molecule has 0 aliphatic heterocycles. The molecule has 0 unspecified atom stereocenters. The van der Waals surface area contributed by atoms with Crippen molar-refractivity contribution in [1.29, 1.82) is 0 Å². The number of H-pyrrole nitrogens is 1. The van der Waals surface area contributed by atoms with Crippen molar-refractivity contribution in [3.05, 3.63) is 59.2 Å². The van der Waals surface area contributed by atoms with E-state index >= 15 is 0 Å². The van der Waals surface area contributed by atoms with E-state index in [9.17, 15) is 12.8 Å². The molecule has 2 aromatic heterocycles. The molecule has 0 atom stereocenters. The van der Waals surface area contributed by atoms with Gasteiger partial charge in [0.2, 0.25) is 0 Å². The second-order valence-corrected chi connectivity index (χ2v) is 6.18. The van der Waals surface area contributed by atoms with Crippen LogP contribution >= 0.6 is 15.9 Å². The zero-order chi connectivity index (χ0) is 15.5. The summed E-state index contributed by atoms with van der Waals surface area (Å²) in [6.45, 7) is 0. The fourth-order valence-electron chi connectivity index (χ4n) is 1.66. The van der Waals surface area contributed by atoms with Crippen LogP contribution in [0.5, 0.6) is 0 Å². The number of hydrogen-bond acceptors (Lipinski definition) is 3. The van der Waals surface area contributed by atoms with Gasteiger partial charge < -0.3 is 4.98 Å². The molecule has 0 spiro atoms. The Hall–Kier alpha value is -1.77. The van der Waals surface area contributed by atoms with Gasteiger partial charge in [-0.05, 0) is 40.2 Å². The minimum absolute atomic E-state index is 0.146. The van der Waals surface area contributed by atoms with E-state index in [4.69, 9.17) is 4.55 Å². The van der Waals surface area contributed by atoms with Crippen LogP contribution in [0.3, 0.4) is 0 Å². The van der Waals surface area contributed by atoms with Crippen molar-refractivity contribution in [1.82, 2.24) is 9.97 Å². The van der Waals surface area contributed by atoms with E-state index in [-0.39, 0.29) is 5.39 Å². The van der Waals surface area contributed by atoms with Crippen LogP contribution in [0.1, 0.15) is 0 Å². The second kappa shape index (κ2) is 6.33. The van der Waals surface area contributed by atoms with Gasteiger partial charge in [0.15, 0.2) is 0 Å². The third-order valence-electron chi connectivity index (χ3n) is 2.54. The number of halogens is 2. The molecule has 21 heavy (non-hydrogen) atoms. The van der Waals surface area contributed by atoms with Crippen molar-refractivity contribution >= 4 is 37.0 Å². The maximum absolute atomic E-state index is 13.4. The number of fused-ring (bicyclic) bond motifs is 1. The summed E-state index contributed by atoms with van der Waals surface area (Å²) in [6.07, 6.45) is 4.55. The summed E-state index contributed by atoms with van der Waals surface area (Å²) in [5, 5.41) is -0.146. The fourth-order valence-corrected chi connectivity index (χ4v) is 2.77. The van der Waals surface area contributed by atoms with E-state index in [1.54, 1.807) is 12.4 Å². The maximum atomic E-state index is 13.4. The molecule has 110 valence electrons. The van der Waals surface area contributed by atoms with Crippen LogP contribution in [0.15, 0.2) is 58.3 Å². The summed E-state index contributed by atoms with van der Waals surface area (Å²) < 4.78 is 44.6. The lowest BCUT2D eigenvalue weighted by Crippen LogP contribution is -1.97. The van der Waals surface area contributed by atoms with Gasteiger partial charge >= 0.3 is 0 Å². The zero-order valence-corrected chi connectivity index (χ0v) is 12.9. The third kappa shape index (κ3) is 3.66. The molecule has 0 aliphatic rings. The number of nitrogens with one attached hydrogen (secondary N) is 1. The Morgan fingerprint density at radius 3 is 2.33 bits per heavy atom. The molecule has 3 rings (SSSR count). The van der Waals surface area contributed by atoms with Gasteiger partial charge in [-0.2, -0.15) is 8.42 Å². The summed E-state index contributed by atoms with van der Waals surface area (Å²) in [4.78, 5) is 5.90. The lowest BCUT2D eigenvalue weighted by molar-refractivity contribution is 0.483. The van der Waals surface area contributed by atoms with E-state index in [1.807, 2.05) is 18.2 Å². The minimum atomic E-state index is -4.42. The molecule has 0 saturated carbocycles. The lowest BCUT2D eigenvalue weighted by Gasteiger charge is -1.97. The summed E-state index contributed by atoms with van der Waals surface area (Å²) in [5.41, 5.74) is 0.294. The molecule has 2 N–H and O–H groups in total. The van der Waals surface area contributed by atoms with Crippen LogP contribution in [-0.2, 0) is 10.1 Å². The van der Waals surface area contributed by atoms with Crippen molar-refractivity contribution in [2.75, 3.05) is 0 Å². The molecule has 0 saturated heterocycles. The largest absolute Gasteiger partial charge is 0.359 e. The van der Waals surface area contributed by atoms with Crippen LogP contribution in [-0.4, -0.2) is 22.9 Å². The standard InChI is InChI=1S/C8H5BrFNO3S.C5H5N/c9-4-1-2-5(10)7-6(15(12,13)14)3-11-8(4)7;1-2-4-6-5-3-1/h1-3,11H,(H,12,13,14);1-5H. The average molecular weight is 373 g/mol. The van der Waals surface area contributed by atoms with Crippen LogP contribution < -0.4 is 0 Å². The van der Waals surface area contributed by atoms with Crippen molar-refractivity contribution in [2.24, 2.45) is 0 Å². The van der Waals surface area contributed by atoms with Crippen LogP contribution in [0.2, 0.25) is 0 Å². The average Bonchev–Trinajstić information content (AvgIpc) is 2.92. The lowest BCUT2D eigenvalue weighted by atomic mass is 10.2. The minimum Gasteiger partial charge on any atom is -0.359 e. The predicted octanol–water partition coefficient (Wildman–Crippen LogP) is 3.40. The topological polar surface area (TPSA) is 83.0 Å². The highest BCUT2D eigenvalue weighted by molar-refractivity contribution is 9.10. The van der Waals surface area contributed by atoms with Gasteiger partial charge in [-0.3, -0.25) is 9.54 Å². The molecule has 8 heteroatoms. The number of pyridine rings is 1. The van der Waals surface area contributed by atoms with E-state index in [2.05, 4.69) is 25.9 Å². The normalized spacial score (nSPS) is 11.0. The Kier molecular flexibility index (Phi) is 4.71.